The Morgan fingerprint density at radius 2 is 1.55 bits per heavy atom. The van der Waals surface area contributed by atoms with Crippen molar-refractivity contribution in [1.82, 2.24) is 0 Å². The summed E-state index contributed by atoms with van der Waals surface area (Å²) in [4.78, 5) is 0. The number of hydrogen-bond donors (Lipinski definition) is 1. The summed E-state index contributed by atoms with van der Waals surface area (Å²) in [5, 5.41) is 2.45. The van der Waals surface area contributed by atoms with Crippen LogP contribution in [0.5, 0.6) is 11.5 Å². The third-order valence-corrected chi connectivity index (χ3v) is 6.12. The Morgan fingerprint density at radius 3 is 2.17 bits per heavy atom. The van der Waals surface area contributed by atoms with E-state index in [4.69, 9.17) is 9.47 Å². The van der Waals surface area contributed by atoms with Gasteiger partial charge in [0.05, 0.1) is 19.8 Å². The van der Waals surface area contributed by atoms with Gasteiger partial charge in [0.1, 0.15) is 18.0 Å². The summed E-state index contributed by atoms with van der Waals surface area (Å²) >= 11 is 0. The van der Waals surface area contributed by atoms with Gasteiger partial charge in [0.15, 0.2) is 0 Å². The fraction of sp³-hybridized carbons (Fsp3) is 0.538. The number of nitrogens with two attached hydrogens (primary N) is 1. The summed E-state index contributed by atoms with van der Waals surface area (Å²) in [6, 6.07) is 17.4. The van der Waals surface area contributed by atoms with Crippen LogP contribution in [0.15, 0.2) is 48.5 Å². The number of benzene rings is 2. The van der Waals surface area contributed by atoms with Gasteiger partial charge >= 0.3 is 0 Å². The average molecular weight is 397 g/mol. The number of ether oxygens (including phenoxy) is 2. The molecule has 0 unspecified atom stereocenters. The maximum absolute atomic E-state index is 5.84. The molecule has 1 atom stereocenters. The molecule has 0 aromatic heterocycles. The van der Waals surface area contributed by atoms with Crippen LogP contribution in [-0.2, 0) is 6.54 Å². The lowest BCUT2D eigenvalue weighted by Gasteiger charge is -2.30. The van der Waals surface area contributed by atoms with Gasteiger partial charge in [-0.25, -0.2) is 0 Å². The molecule has 0 aliphatic heterocycles. The van der Waals surface area contributed by atoms with Crippen LogP contribution in [0.3, 0.4) is 0 Å². The molecule has 0 bridgehead atoms. The third kappa shape index (κ3) is 6.78. The molecule has 2 aromatic carbocycles. The molecular weight excluding hydrogens is 358 g/mol. The highest BCUT2D eigenvalue weighted by Crippen LogP contribution is 2.38. The highest BCUT2D eigenvalue weighted by Gasteiger charge is 2.25. The lowest BCUT2D eigenvalue weighted by molar-refractivity contribution is -0.671. The van der Waals surface area contributed by atoms with Gasteiger partial charge in [-0.05, 0) is 80.5 Å². The van der Waals surface area contributed by atoms with E-state index in [-0.39, 0.29) is 6.10 Å². The number of hydrogen-bond acceptors (Lipinski definition) is 2. The van der Waals surface area contributed by atoms with E-state index in [1.165, 1.54) is 49.7 Å². The Labute approximate surface area is 176 Å². The maximum atomic E-state index is 5.84. The Bertz CT molecular complexity index is 702. The molecule has 3 heteroatoms. The van der Waals surface area contributed by atoms with Crippen molar-refractivity contribution < 1.29 is 14.8 Å². The Morgan fingerprint density at radius 1 is 0.897 bits per heavy atom. The van der Waals surface area contributed by atoms with Gasteiger partial charge in [-0.15, -0.1) is 0 Å². The molecule has 0 spiro atoms. The van der Waals surface area contributed by atoms with Crippen molar-refractivity contribution in [3.05, 3.63) is 59.7 Å². The largest absolute Gasteiger partial charge is 0.497 e. The molecule has 0 saturated heterocycles. The summed E-state index contributed by atoms with van der Waals surface area (Å²) in [6.07, 6.45) is 8.43. The third-order valence-electron chi connectivity index (χ3n) is 6.12. The van der Waals surface area contributed by atoms with Crippen LogP contribution in [0, 0.1) is 5.92 Å². The second kappa shape index (κ2) is 11.3. The van der Waals surface area contributed by atoms with E-state index < -0.39 is 0 Å². The first-order chi connectivity index (χ1) is 14.2. The predicted molar refractivity (Wildman–Crippen MR) is 120 cm³/mol. The number of methoxy groups -OCH3 is 1. The van der Waals surface area contributed by atoms with Gasteiger partial charge in [-0.2, -0.15) is 0 Å². The molecule has 2 aromatic rings. The van der Waals surface area contributed by atoms with Crippen molar-refractivity contribution in [2.75, 3.05) is 13.7 Å². The zero-order chi connectivity index (χ0) is 20.5. The minimum absolute atomic E-state index is 0.225. The van der Waals surface area contributed by atoms with E-state index in [2.05, 4.69) is 67.7 Å². The minimum Gasteiger partial charge on any atom is -0.497 e. The summed E-state index contributed by atoms with van der Waals surface area (Å²) in [7, 11) is 1.72. The Balaban J connectivity index is 1.57. The Kier molecular flexibility index (Phi) is 8.42. The van der Waals surface area contributed by atoms with Gasteiger partial charge in [0.2, 0.25) is 0 Å². The van der Waals surface area contributed by atoms with Crippen LogP contribution in [0.4, 0.5) is 0 Å². The summed E-state index contributed by atoms with van der Waals surface area (Å²) in [5.41, 5.74) is 2.85. The molecule has 0 heterocycles. The predicted octanol–water partition coefficient (Wildman–Crippen LogP) is 5.30. The molecule has 29 heavy (non-hydrogen) atoms. The van der Waals surface area contributed by atoms with E-state index in [0.29, 0.717) is 5.92 Å². The molecule has 1 aliphatic rings. The van der Waals surface area contributed by atoms with Crippen molar-refractivity contribution in [2.45, 2.75) is 70.9 Å². The summed E-state index contributed by atoms with van der Waals surface area (Å²) < 4.78 is 11.1. The van der Waals surface area contributed by atoms with E-state index >= 15 is 0 Å². The molecule has 1 fully saturated rings. The molecule has 0 radical (unpaired) electrons. The second-order valence-electron chi connectivity index (χ2n) is 8.66. The average Bonchev–Trinajstić information content (AvgIpc) is 2.75. The molecule has 3 nitrogen and oxygen atoms in total. The van der Waals surface area contributed by atoms with E-state index in [0.717, 1.165) is 30.5 Å². The van der Waals surface area contributed by atoms with Crippen molar-refractivity contribution >= 4 is 0 Å². The van der Waals surface area contributed by atoms with Crippen molar-refractivity contribution in [1.29, 1.82) is 0 Å². The standard InChI is InChI=1S/C26H37NO2/c1-20(2)29-25-15-11-23(12-16-25)26(22-7-5-4-6-8-22)17-18-27-19-21-9-13-24(28-3)14-10-21/h9-16,20,22,26-27H,4-8,17-19H2,1-3H3/p+1/t26-/m0/s1. The van der Waals surface area contributed by atoms with Gasteiger partial charge in [-0.3, -0.25) is 0 Å². The van der Waals surface area contributed by atoms with Crippen molar-refractivity contribution in [2.24, 2.45) is 5.92 Å². The molecule has 2 N–H and O–H groups in total. The highest BCUT2D eigenvalue weighted by molar-refractivity contribution is 5.30. The zero-order valence-electron chi connectivity index (χ0n) is 18.4. The number of quaternary nitrogens is 1. The van der Waals surface area contributed by atoms with Crippen LogP contribution < -0.4 is 14.8 Å². The van der Waals surface area contributed by atoms with Gasteiger partial charge in [0, 0.05) is 12.0 Å². The van der Waals surface area contributed by atoms with Gasteiger partial charge in [0.25, 0.3) is 0 Å². The smallest absolute Gasteiger partial charge is 0.119 e. The van der Waals surface area contributed by atoms with E-state index in [1.807, 2.05) is 0 Å². The molecule has 158 valence electrons. The van der Waals surface area contributed by atoms with Crippen LogP contribution in [0.25, 0.3) is 0 Å². The van der Waals surface area contributed by atoms with Crippen molar-refractivity contribution in [3.8, 4) is 11.5 Å². The van der Waals surface area contributed by atoms with Crippen LogP contribution >= 0.6 is 0 Å². The molecular formula is C26H38NO2+. The molecule has 1 aliphatic carbocycles. The fourth-order valence-corrected chi connectivity index (χ4v) is 4.60. The second-order valence-corrected chi connectivity index (χ2v) is 8.66. The quantitative estimate of drug-likeness (QED) is 0.553. The molecule has 0 amide bonds. The lowest BCUT2D eigenvalue weighted by atomic mass is 9.75. The van der Waals surface area contributed by atoms with E-state index in [9.17, 15) is 0 Å². The first-order valence-corrected chi connectivity index (χ1v) is 11.4. The lowest BCUT2D eigenvalue weighted by Crippen LogP contribution is -2.82. The van der Waals surface area contributed by atoms with Gasteiger partial charge < -0.3 is 14.8 Å². The first kappa shape index (κ1) is 21.7. The summed E-state index contributed by atoms with van der Waals surface area (Å²) in [6.45, 7) is 6.36. The monoisotopic (exact) mass is 396 g/mol. The number of rotatable bonds is 10. The first-order valence-electron chi connectivity index (χ1n) is 11.4. The molecule has 1 saturated carbocycles. The van der Waals surface area contributed by atoms with Crippen LogP contribution in [0.2, 0.25) is 0 Å². The minimum atomic E-state index is 0.225. The van der Waals surface area contributed by atoms with Crippen LogP contribution in [0.1, 0.15) is 69.4 Å². The highest BCUT2D eigenvalue weighted by atomic mass is 16.5. The van der Waals surface area contributed by atoms with Crippen LogP contribution in [-0.4, -0.2) is 19.8 Å². The normalized spacial score (nSPS) is 16.0. The summed E-state index contributed by atoms with van der Waals surface area (Å²) in [5.74, 6) is 3.40. The maximum Gasteiger partial charge on any atom is 0.119 e. The fourth-order valence-electron chi connectivity index (χ4n) is 4.60. The molecule has 3 rings (SSSR count). The SMILES string of the molecule is COc1ccc(C[NH2+]CC[C@H](c2ccc(OC(C)C)cc2)C2CCCCC2)cc1. The van der Waals surface area contributed by atoms with E-state index in [1.54, 1.807) is 7.11 Å². The Hall–Kier alpha value is -2.00. The van der Waals surface area contributed by atoms with Gasteiger partial charge in [-0.1, -0.05) is 31.4 Å². The topological polar surface area (TPSA) is 35.1 Å². The van der Waals surface area contributed by atoms with Crippen molar-refractivity contribution in [3.63, 3.8) is 0 Å². The zero-order valence-corrected chi connectivity index (χ0v) is 18.4.